The SMILES string of the molecule is C[C@H](CCC(=O)[O-])[C@H]1CCC2C3C(CC[C@@]21C)[C@@]1(C)CC[C@@H](O)C[C@H]1C[C@H]3O.[Na+]. The van der Waals surface area contributed by atoms with E-state index in [0.29, 0.717) is 41.9 Å². The van der Waals surface area contributed by atoms with E-state index in [1.54, 1.807) is 0 Å². The Hall–Kier alpha value is 0.390. The minimum Gasteiger partial charge on any atom is -0.550 e. The molecule has 4 aliphatic rings. The van der Waals surface area contributed by atoms with Crippen LogP contribution in [-0.4, -0.2) is 28.4 Å². The zero-order valence-electron chi connectivity index (χ0n) is 18.9. The fourth-order valence-corrected chi connectivity index (χ4v) is 8.72. The maximum Gasteiger partial charge on any atom is 1.00 e. The van der Waals surface area contributed by atoms with E-state index in [9.17, 15) is 20.1 Å². The molecule has 4 rings (SSSR count). The third-order valence-corrected chi connectivity index (χ3v) is 10.2. The molecular formula is C24H39NaO4. The van der Waals surface area contributed by atoms with Gasteiger partial charge in [-0.2, -0.15) is 0 Å². The van der Waals surface area contributed by atoms with E-state index in [-0.39, 0.29) is 59.0 Å². The number of hydrogen-bond acceptors (Lipinski definition) is 4. The molecule has 0 saturated heterocycles. The van der Waals surface area contributed by atoms with E-state index in [2.05, 4.69) is 20.8 Å². The molecule has 29 heavy (non-hydrogen) atoms. The molecular weight excluding hydrogens is 375 g/mol. The standard InChI is InChI=1S/C24H40O4.Na/c1-14(4-7-21(27)28)17-5-6-18-22-19(9-11-24(17,18)3)23(2)10-8-16(25)12-15(23)13-20(22)26;/h14-20,22,25-26H,4-13H2,1-3H3,(H,27,28);/q;+1/p-1/t14-,15+,16-,17-,18?,19?,20-,22?,23+,24-;/m1./s1. The molecule has 2 N–H and O–H groups in total. The first-order valence-electron chi connectivity index (χ1n) is 11.7. The summed E-state index contributed by atoms with van der Waals surface area (Å²) in [5, 5.41) is 32.4. The molecule has 160 valence electrons. The van der Waals surface area contributed by atoms with Crippen molar-refractivity contribution >= 4 is 5.97 Å². The normalized spacial score (nSPS) is 49.9. The van der Waals surface area contributed by atoms with Crippen LogP contribution in [0.4, 0.5) is 0 Å². The maximum atomic E-state index is 11.2. The van der Waals surface area contributed by atoms with E-state index >= 15 is 0 Å². The van der Waals surface area contributed by atoms with E-state index in [1.807, 2.05) is 0 Å². The monoisotopic (exact) mass is 414 g/mol. The van der Waals surface area contributed by atoms with Crippen LogP contribution in [0.15, 0.2) is 0 Å². The third-order valence-electron chi connectivity index (χ3n) is 10.2. The van der Waals surface area contributed by atoms with Gasteiger partial charge in [-0.1, -0.05) is 20.8 Å². The molecule has 5 heteroatoms. The van der Waals surface area contributed by atoms with Gasteiger partial charge in [0.2, 0.25) is 0 Å². The summed E-state index contributed by atoms with van der Waals surface area (Å²) in [5.74, 6) is 1.99. The van der Waals surface area contributed by atoms with Gasteiger partial charge in [0.25, 0.3) is 0 Å². The molecule has 0 radical (unpaired) electrons. The molecule has 0 aromatic carbocycles. The molecule has 0 amide bonds. The van der Waals surface area contributed by atoms with Crippen LogP contribution in [-0.2, 0) is 4.79 Å². The van der Waals surface area contributed by atoms with Gasteiger partial charge in [0.05, 0.1) is 12.2 Å². The molecule has 0 aromatic rings. The van der Waals surface area contributed by atoms with Crippen LogP contribution >= 0.6 is 0 Å². The molecule has 0 spiro atoms. The van der Waals surface area contributed by atoms with E-state index < -0.39 is 5.97 Å². The van der Waals surface area contributed by atoms with Gasteiger partial charge >= 0.3 is 29.6 Å². The number of aliphatic hydroxyl groups is 2. The molecule has 0 heterocycles. The largest absolute Gasteiger partial charge is 1.00 e. The first-order chi connectivity index (χ1) is 13.2. The van der Waals surface area contributed by atoms with Gasteiger partial charge in [-0.3, -0.25) is 0 Å². The van der Waals surface area contributed by atoms with Crippen molar-refractivity contribution < 1.29 is 49.7 Å². The number of carbonyl (C=O) groups excluding carboxylic acids is 1. The van der Waals surface area contributed by atoms with Gasteiger partial charge in [0, 0.05) is 5.97 Å². The summed E-state index contributed by atoms with van der Waals surface area (Å²) in [6.45, 7) is 7.11. The predicted molar refractivity (Wildman–Crippen MR) is 106 cm³/mol. The number of aliphatic carboxylic acids is 1. The van der Waals surface area contributed by atoms with Crippen LogP contribution in [0.25, 0.3) is 0 Å². The second kappa shape index (κ2) is 8.73. The van der Waals surface area contributed by atoms with E-state index in [4.69, 9.17) is 0 Å². The molecule has 3 unspecified atom stereocenters. The van der Waals surface area contributed by atoms with Crippen LogP contribution in [0.2, 0.25) is 0 Å². The fraction of sp³-hybridized carbons (Fsp3) is 0.958. The molecule has 10 atom stereocenters. The average Bonchev–Trinajstić information content (AvgIpc) is 2.98. The van der Waals surface area contributed by atoms with Crippen molar-refractivity contribution in [2.75, 3.05) is 0 Å². The molecule has 0 aromatic heterocycles. The topological polar surface area (TPSA) is 80.6 Å². The number of aliphatic hydroxyl groups excluding tert-OH is 2. The Bertz CT molecular complexity index is 612. The van der Waals surface area contributed by atoms with Crippen molar-refractivity contribution in [1.29, 1.82) is 0 Å². The average molecular weight is 415 g/mol. The van der Waals surface area contributed by atoms with E-state index in [0.717, 1.165) is 25.7 Å². The zero-order chi connectivity index (χ0) is 20.3. The third kappa shape index (κ3) is 3.99. The smallest absolute Gasteiger partial charge is 0.550 e. The number of hydrogen-bond donors (Lipinski definition) is 2. The van der Waals surface area contributed by atoms with Gasteiger partial charge in [-0.25, -0.2) is 0 Å². The second-order valence-corrected chi connectivity index (χ2v) is 11.3. The van der Waals surface area contributed by atoms with Crippen molar-refractivity contribution in [2.24, 2.45) is 46.3 Å². The van der Waals surface area contributed by atoms with Gasteiger partial charge < -0.3 is 20.1 Å². The molecule has 4 saturated carbocycles. The Labute approximate surface area is 198 Å². The summed E-state index contributed by atoms with van der Waals surface area (Å²) in [6, 6.07) is 0. The Balaban J connectivity index is 0.00000240. The number of carboxylic acids is 1. The maximum absolute atomic E-state index is 11.2. The van der Waals surface area contributed by atoms with E-state index in [1.165, 1.54) is 25.7 Å². The zero-order valence-corrected chi connectivity index (χ0v) is 20.9. The summed E-state index contributed by atoms with van der Waals surface area (Å²) in [6.07, 6.45) is 8.91. The van der Waals surface area contributed by atoms with Crippen LogP contribution in [0.3, 0.4) is 0 Å². The molecule has 0 aliphatic heterocycles. The van der Waals surface area contributed by atoms with Crippen LogP contribution in [0.5, 0.6) is 0 Å². The Morgan fingerprint density at radius 3 is 2.38 bits per heavy atom. The van der Waals surface area contributed by atoms with Crippen molar-refractivity contribution in [1.82, 2.24) is 0 Å². The second-order valence-electron chi connectivity index (χ2n) is 11.3. The fourth-order valence-electron chi connectivity index (χ4n) is 8.72. The van der Waals surface area contributed by atoms with Gasteiger partial charge in [0.15, 0.2) is 0 Å². The Morgan fingerprint density at radius 2 is 1.69 bits per heavy atom. The van der Waals surface area contributed by atoms with Crippen molar-refractivity contribution in [2.45, 2.75) is 97.2 Å². The molecule has 4 fully saturated rings. The van der Waals surface area contributed by atoms with Crippen LogP contribution in [0.1, 0.15) is 85.0 Å². The summed E-state index contributed by atoms with van der Waals surface area (Å²) in [4.78, 5) is 10.9. The molecule has 4 nitrogen and oxygen atoms in total. The predicted octanol–water partition coefficient (Wildman–Crippen LogP) is 0.147. The van der Waals surface area contributed by atoms with Crippen molar-refractivity contribution in [3.8, 4) is 0 Å². The summed E-state index contributed by atoms with van der Waals surface area (Å²) < 4.78 is 0. The van der Waals surface area contributed by atoms with Crippen molar-refractivity contribution in [3.63, 3.8) is 0 Å². The van der Waals surface area contributed by atoms with Crippen molar-refractivity contribution in [3.05, 3.63) is 0 Å². The number of carboxylic acid groups (broad SMARTS) is 1. The van der Waals surface area contributed by atoms with Crippen LogP contribution in [0, 0.1) is 46.3 Å². The van der Waals surface area contributed by atoms with Gasteiger partial charge in [0.1, 0.15) is 0 Å². The minimum atomic E-state index is -0.934. The number of fused-ring (bicyclic) bond motifs is 5. The van der Waals surface area contributed by atoms with Gasteiger partial charge in [-0.15, -0.1) is 0 Å². The molecule has 4 aliphatic carbocycles. The number of carbonyl (C=O) groups is 1. The van der Waals surface area contributed by atoms with Gasteiger partial charge in [-0.05, 0) is 111 Å². The first-order valence-corrected chi connectivity index (χ1v) is 11.7. The Morgan fingerprint density at radius 1 is 1.03 bits per heavy atom. The van der Waals surface area contributed by atoms with Crippen LogP contribution < -0.4 is 34.7 Å². The number of rotatable bonds is 4. The summed E-state index contributed by atoms with van der Waals surface area (Å²) >= 11 is 0. The molecule has 0 bridgehead atoms. The Kier molecular flexibility index (Phi) is 7.24. The first kappa shape index (κ1) is 24.0. The quantitative estimate of drug-likeness (QED) is 0.642. The summed E-state index contributed by atoms with van der Waals surface area (Å²) in [5.41, 5.74) is 0.494. The minimum absolute atomic E-state index is 0. The summed E-state index contributed by atoms with van der Waals surface area (Å²) in [7, 11) is 0.